The van der Waals surface area contributed by atoms with E-state index in [9.17, 15) is 4.79 Å². The van der Waals surface area contributed by atoms with Crippen molar-refractivity contribution < 1.29 is 4.79 Å². The molecule has 2 N–H and O–H groups in total. The zero-order valence-corrected chi connectivity index (χ0v) is 12.1. The molecule has 2 fully saturated rings. The Balaban J connectivity index is 1.51. The molecule has 0 aromatic heterocycles. The van der Waals surface area contributed by atoms with Gasteiger partial charge in [0.15, 0.2) is 0 Å². The van der Waals surface area contributed by atoms with Crippen LogP contribution in [0.1, 0.15) is 24.8 Å². The minimum absolute atomic E-state index is 0.0570. The maximum atomic E-state index is 11.3. The molecule has 0 radical (unpaired) electrons. The SMILES string of the molecule is CNC(=O)Cc1ccc(NC2CCN(C3CC3)C2)cc1. The third-order valence-electron chi connectivity index (χ3n) is 4.25. The molecule has 1 aromatic carbocycles. The average Bonchev–Trinajstić information content (AvgIpc) is 3.21. The first kappa shape index (κ1) is 13.4. The molecule has 4 nitrogen and oxygen atoms in total. The van der Waals surface area contributed by atoms with Gasteiger partial charge >= 0.3 is 0 Å². The van der Waals surface area contributed by atoms with Gasteiger partial charge in [-0.05, 0) is 37.0 Å². The van der Waals surface area contributed by atoms with Crippen LogP contribution in [0.4, 0.5) is 5.69 Å². The number of likely N-dealkylation sites (tertiary alicyclic amines) is 1. The molecule has 2 aliphatic rings. The highest BCUT2D eigenvalue weighted by molar-refractivity contribution is 5.78. The summed E-state index contributed by atoms with van der Waals surface area (Å²) in [6, 6.07) is 9.67. The van der Waals surface area contributed by atoms with E-state index in [1.165, 1.54) is 32.4 Å². The Bertz CT molecular complexity index is 467. The highest BCUT2D eigenvalue weighted by atomic mass is 16.1. The van der Waals surface area contributed by atoms with Crippen molar-refractivity contribution in [2.24, 2.45) is 0 Å². The fourth-order valence-electron chi connectivity index (χ4n) is 2.90. The van der Waals surface area contributed by atoms with Crippen molar-refractivity contribution in [1.29, 1.82) is 0 Å². The highest BCUT2D eigenvalue weighted by Crippen LogP contribution is 2.30. The zero-order valence-electron chi connectivity index (χ0n) is 12.1. The molecule has 1 aliphatic carbocycles. The number of anilines is 1. The molecule has 1 aliphatic heterocycles. The minimum Gasteiger partial charge on any atom is -0.381 e. The van der Waals surface area contributed by atoms with E-state index in [0.29, 0.717) is 12.5 Å². The van der Waals surface area contributed by atoms with E-state index >= 15 is 0 Å². The number of likely N-dealkylation sites (N-methyl/N-ethyl adjacent to an activating group) is 1. The molecule has 1 aromatic rings. The van der Waals surface area contributed by atoms with Crippen LogP contribution >= 0.6 is 0 Å². The first-order chi connectivity index (χ1) is 9.74. The molecule has 1 amide bonds. The molecular weight excluding hydrogens is 250 g/mol. The van der Waals surface area contributed by atoms with Crippen molar-refractivity contribution in [3.8, 4) is 0 Å². The summed E-state index contributed by atoms with van der Waals surface area (Å²) in [4.78, 5) is 13.9. The minimum atomic E-state index is 0.0570. The Morgan fingerprint density at radius 1 is 1.25 bits per heavy atom. The van der Waals surface area contributed by atoms with E-state index in [-0.39, 0.29) is 5.91 Å². The maximum absolute atomic E-state index is 11.3. The molecule has 1 atom stereocenters. The first-order valence-electron chi connectivity index (χ1n) is 7.54. The Morgan fingerprint density at radius 3 is 2.65 bits per heavy atom. The third-order valence-corrected chi connectivity index (χ3v) is 4.25. The monoisotopic (exact) mass is 273 g/mol. The van der Waals surface area contributed by atoms with Crippen LogP contribution in [0, 0.1) is 0 Å². The van der Waals surface area contributed by atoms with E-state index < -0.39 is 0 Å². The van der Waals surface area contributed by atoms with E-state index in [1.54, 1.807) is 7.05 Å². The van der Waals surface area contributed by atoms with Crippen molar-refractivity contribution in [2.75, 3.05) is 25.5 Å². The summed E-state index contributed by atoms with van der Waals surface area (Å²) in [5.41, 5.74) is 2.22. The van der Waals surface area contributed by atoms with Crippen LogP contribution in [0.3, 0.4) is 0 Å². The summed E-state index contributed by atoms with van der Waals surface area (Å²) in [6.07, 6.45) is 4.47. The van der Waals surface area contributed by atoms with Crippen LogP contribution in [0.2, 0.25) is 0 Å². The Kier molecular flexibility index (Phi) is 3.92. The largest absolute Gasteiger partial charge is 0.381 e. The molecular formula is C16H23N3O. The second kappa shape index (κ2) is 5.83. The molecule has 3 rings (SSSR count). The topological polar surface area (TPSA) is 44.4 Å². The lowest BCUT2D eigenvalue weighted by Gasteiger charge is -2.16. The van der Waals surface area contributed by atoms with Crippen LogP contribution in [-0.2, 0) is 11.2 Å². The molecule has 0 spiro atoms. The molecule has 1 saturated heterocycles. The van der Waals surface area contributed by atoms with E-state index in [1.807, 2.05) is 12.1 Å². The summed E-state index contributed by atoms with van der Waals surface area (Å²) in [6.45, 7) is 2.40. The zero-order chi connectivity index (χ0) is 13.9. The van der Waals surface area contributed by atoms with Gasteiger partial charge in [-0.2, -0.15) is 0 Å². The third kappa shape index (κ3) is 3.31. The van der Waals surface area contributed by atoms with Gasteiger partial charge in [-0.15, -0.1) is 0 Å². The van der Waals surface area contributed by atoms with E-state index in [4.69, 9.17) is 0 Å². The quantitative estimate of drug-likeness (QED) is 0.857. The van der Waals surface area contributed by atoms with Gasteiger partial charge in [-0.25, -0.2) is 0 Å². The van der Waals surface area contributed by atoms with Crippen molar-refractivity contribution >= 4 is 11.6 Å². The molecule has 1 heterocycles. The summed E-state index contributed by atoms with van der Waals surface area (Å²) in [5, 5.41) is 6.25. The Morgan fingerprint density at radius 2 is 2.00 bits per heavy atom. The Hall–Kier alpha value is -1.55. The number of amides is 1. The lowest BCUT2D eigenvalue weighted by Crippen LogP contribution is -2.27. The number of nitrogens with one attached hydrogen (secondary N) is 2. The number of hydrogen-bond acceptors (Lipinski definition) is 3. The van der Waals surface area contributed by atoms with Crippen LogP contribution in [-0.4, -0.2) is 43.0 Å². The molecule has 20 heavy (non-hydrogen) atoms. The fraction of sp³-hybridized carbons (Fsp3) is 0.562. The molecule has 108 valence electrons. The van der Waals surface area contributed by atoms with Gasteiger partial charge in [0, 0.05) is 37.9 Å². The number of nitrogens with zero attached hydrogens (tertiary/aromatic N) is 1. The standard InChI is InChI=1S/C16H23N3O/c1-17-16(20)10-12-2-4-13(5-3-12)18-14-8-9-19(11-14)15-6-7-15/h2-5,14-15,18H,6-11H2,1H3,(H,17,20). The summed E-state index contributed by atoms with van der Waals surface area (Å²) in [7, 11) is 1.67. The lowest BCUT2D eigenvalue weighted by molar-refractivity contribution is -0.119. The van der Waals surface area contributed by atoms with Gasteiger partial charge in [0.1, 0.15) is 0 Å². The number of carbonyl (C=O) groups excluding carboxylic acids is 1. The van der Waals surface area contributed by atoms with Gasteiger partial charge in [0.05, 0.1) is 6.42 Å². The predicted octanol–water partition coefficient (Wildman–Crippen LogP) is 1.62. The number of benzene rings is 1. The fourth-order valence-corrected chi connectivity index (χ4v) is 2.90. The van der Waals surface area contributed by atoms with Gasteiger partial charge in [0.25, 0.3) is 0 Å². The Labute approximate surface area is 120 Å². The smallest absolute Gasteiger partial charge is 0.224 e. The summed E-state index contributed by atoms with van der Waals surface area (Å²) < 4.78 is 0. The maximum Gasteiger partial charge on any atom is 0.224 e. The summed E-state index contributed by atoms with van der Waals surface area (Å²) in [5.74, 6) is 0.0570. The molecule has 4 heteroatoms. The van der Waals surface area contributed by atoms with Crippen LogP contribution in [0.5, 0.6) is 0 Å². The van der Waals surface area contributed by atoms with Crippen LogP contribution in [0.15, 0.2) is 24.3 Å². The van der Waals surface area contributed by atoms with E-state index in [2.05, 4.69) is 27.7 Å². The van der Waals surface area contributed by atoms with Gasteiger partial charge in [-0.1, -0.05) is 12.1 Å². The molecule has 1 unspecified atom stereocenters. The van der Waals surface area contributed by atoms with Crippen molar-refractivity contribution in [3.63, 3.8) is 0 Å². The molecule has 0 bridgehead atoms. The second-order valence-electron chi connectivity index (χ2n) is 5.90. The number of rotatable bonds is 5. The van der Waals surface area contributed by atoms with Gasteiger partial charge < -0.3 is 10.6 Å². The summed E-state index contributed by atoms with van der Waals surface area (Å²) >= 11 is 0. The average molecular weight is 273 g/mol. The second-order valence-corrected chi connectivity index (χ2v) is 5.90. The van der Waals surface area contributed by atoms with E-state index in [0.717, 1.165) is 17.3 Å². The number of carbonyl (C=O) groups is 1. The van der Waals surface area contributed by atoms with Crippen molar-refractivity contribution in [1.82, 2.24) is 10.2 Å². The van der Waals surface area contributed by atoms with Crippen molar-refractivity contribution in [3.05, 3.63) is 29.8 Å². The normalized spacial score (nSPS) is 22.8. The van der Waals surface area contributed by atoms with Crippen LogP contribution in [0.25, 0.3) is 0 Å². The predicted molar refractivity (Wildman–Crippen MR) is 80.8 cm³/mol. The molecule has 1 saturated carbocycles. The van der Waals surface area contributed by atoms with Crippen LogP contribution < -0.4 is 10.6 Å². The lowest BCUT2D eigenvalue weighted by atomic mass is 10.1. The highest BCUT2D eigenvalue weighted by Gasteiger charge is 2.34. The van der Waals surface area contributed by atoms with Gasteiger partial charge in [-0.3, -0.25) is 9.69 Å². The first-order valence-corrected chi connectivity index (χ1v) is 7.54. The number of hydrogen-bond donors (Lipinski definition) is 2. The van der Waals surface area contributed by atoms with Gasteiger partial charge in [0.2, 0.25) is 5.91 Å². The van der Waals surface area contributed by atoms with Crippen molar-refractivity contribution in [2.45, 2.75) is 37.8 Å².